The van der Waals surface area contributed by atoms with Gasteiger partial charge < -0.3 is 0 Å². The van der Waals surface area contributed by atoms with Crippen LogP contribution in [0.15, 0.2) is 36.4 Å². The first-order chi connectivity index (χ1) is 8.33. The molecule has 82 valence electrons. The summed E-state index contributed by atoms with van der Waals surface area (Å²) in [5.74, 6) is 0. The lowest BCUT2D eigenvalue weighted by Gasteiger charge is -2.09. The normalized spacial score (nSPS) is 14.6. The van der Waals surface area contributed by atoms with Crippen molar-refractivity contribution in [2.24, 2.45) is 0 Å². The van der Waals surface area contributed by atoms with Crippen molar-refractivity contribution in [2.45, 2.75) is 19.8 Å². The van der Waals surface area contributed by atoms with Crippen LogP contribution in [-0.4, -0.2) is 0 Å². The molecular formula is C17H14. The summed E-state index contributed by atoms with van der Waals surface area (Å²) in [7, 11) is 0. The predicted octanol–water partition coefficient (Wildman–Crippen LogP) is 4.14. The minimum Gasteiger partial charge on any atom is -0.0795 e. The van der Waals surface area contributed by atoms with Crippen LogP contribution in [0.1, 0.15) is 27.8 Å². The van der Waals surface area contributed by atoms with Gasteiger partial charge in [0.05, 0.1) is 0 Å². The molecule has 0 bridgehead atoms. The zero-order valence-electron chi connectivity index (χ0n) is 9.96. The molecule has 0 spiro atoms. The highest BCUT2D eigenvalue weighted by molar-refractivity contribution is 5.84. The third-order valence-corrected chi connectivity index (χ3v) is 3.97. The molecule has 0 radical (unpaired) electrons. The van der Waals surface area contributed by atoms with Crippen LogP contribution in [0.3, 0.4) is 0 Å². The first-order valence-electron chi connectivity index (χ1n) is 6.24. The van der Waals surface area contributed by atoms with E-state index in [1.165, 1.54) is 38.9 Å². The van der Waals surface area contributed by atoms with E-state index in [2.05, 4.69) is 49.4 Å². The van der Waals surface area contributed by atoms with Crippen molar-refractivity contribution in [3.8, 4) is 11.1 Å². The maximum Gasteiger partial charge on any atom is -0.00133 e. The Balaban J connectivity index is 2.05. The zero-order valence-corrected chi connectivity index (χ0v) is 9.96. The fourth-order valence-electron chi connectivity index (χ4n) is 3.16. The summed E-state index contributed by atoms with van der Waals surface area (Å²) in [6.45, 7) is 2.18. The minimum atomic E-state index is 1.10. The molecule has 0 amide bonds. The van der Waals surface area contributed by atoms with Crippen LogP contribution < -0.4 is 0 Å². The van der Waals surface area contributed by atoms with Crippen molar-refractivity contribution in [2.75, 3.05) is 0 Å². The molecule has 0 saturated heterocycles. The largest absolute Gasteiger partial charge is 0.0795 e. The fraction of sp³-hybridized carbons (Fsp3) is 0.176. The molecular weight excluding hydrogens is 204 g/mol. The summed E-state index contributed by atoms with van der Waals surface area (Å²) < 4.78 is 0. The third-order valence-electron chi connectivity index (χ3n) is 3.97. The average molecular weight is 218 g/mol. The van der Waals surface area contributed by atoms with Gasteiger partial charge in [-0.15, -0.1) is 0 Å². The molecule has 2 aromatic rings. The summed E-state index contributed by atoms with van der Waals surface area (Å²) >= 11 is 0. The molecule has 0 nitrogen and oxygen atoms in total. The highest BCUT2D eigenvalue weighted by atomic mass is 14.3. The first kappa shape index (κ1) is 9.23. The Morgan fingerprint density at radius 1 is 1.00 bits per heavy atom. The van der Waals surface area contributed by atoms with Crippen LogP contribution in [0.25, 0.3) is 17.2 Å². The van der Waals surface area contributed by atoms with Crippen LogP contribution in [0, 0.1) is 6.92 Å². The number of rotatable bonds is 0. The van der Waals surface area contributed by atoms with E-state index < -0.39 is 0 Å². The van der Waals surface area contributed by atoms with Crippen molar-refractivity contribution in [1.29, 1.82) is 0 Å². The molecule has 0 heteroatoms. The van der Waals surface area contributed by atoms with Crippen molar-refractivity contribution >= 4 is 6.08 Å². The number of hydrogen-bond donors (Lipinski definition) is 0. The lowest BCUT2D eigenvalue weighted by molar-refractivity contribution is 1.24. The standard InChI is InChI=1S/C17H14/c1-11-5-6-13-10-14-8-7-12-3-2-4-15(12)17(14)16(13)9-11/h2-3,5-9H,4,10H2,1H3. The Hall–Kier alpha value is -1.82. The van der Waals surface area contributed by atoms with Crippen LogP contribution in [0.5, 0.6) is 0 Å². The van der Waals surface area contributed by atoms with Crippen LogP contribution >= 0.6 is 0 Å². The first-order valence-corrected chi connectivity index (χ1v) is 6.24. The molecule has 2 aliphatic carbocycles. The van der Waals surface area contributed by atoms with Gasteiger partial charge in [-0.05, 0) is 53.1 Å². The predicted molar refractivity (Wildman–Crippen MR) is 72.2 cm³/mol. The van der Waals surface area contributed by atoms with Crippen molar-refractivity contribution in [1.82, 2.24) is 0 Å². The zero-order chi connectivity index (χ0) is 11.4. The molecule has 0 unspecified atom stereocenters. The SMILES string of the molecule is Cc1ccc2c(c1)-c1c(ccc3c1CC=C3)C2. The average Bonchev–Trinajstić information content (AvgIpc) is 2.90. The van der Waals surface area contributed by atoms with Crippen molar-refractivity contribution in [3.05, 3.63) is 64.2 Å². The lowest BCUT2D eigenvalue weighted by Crippen LogP contribution is -1.89. The van der Waals surface area contributed by atoms with Crippen LogP contribution in [-0.2, 0) is 12.8 Å². The topological polar surface area (TPSA) is 0 Å². The van der Waals surface area contributed by atoms with E-state index in [1.807, 2.05) is 0 Å². The van der Waals surface area contributed by atoms with Crippen molar-refractivity contribution < 1.29 is 0 Å². The number of fused-ring (bicyclic) bond motifs is 5. The van der Waals surface area contributed by atoms with E-state index >= 15 is 0 Å². The van der Waals surface area contributed by atoms with Gasteiger partial charge in [0.15, 0.2) is 0 Å². The van der Waals surface area contributed by atoms with E-state index in [0.29, 0.717) is 0 Å². The Morgan fingerprint density at radius 2 is 1.88 bits per heavy atom. The quantitative estimate of drug-likeness (QED) is 0.532. The molecule has 0 heterocycles. The summed E-state index contributed by atoms with van der Waals surface area (Å²) in [5, 5.41) is 0. The highest BCUT2D eigenvalue weighted by Crippen LogP contribution is 2.42. The van der Waals surface area contributed by atoms with E-state index in [4.69, 9.17) is 0 Å². The van der Waals surface area contributed by atoms with Gasteiger partial charge in [0, 0.05) is 0 Å². The Morgan fingerprint density at radius 3 is 2.82 bits per heavy atom. The highest BCUT2D eigenvalue weighted by Gasteiger charge is 2.23. The van der Waals surface area contributed by atoms with E-state index in [9.17, 15) is 0 Å². The van der Waals surface area contributed by atoms with Crippen LogP contribution in [0.2, 0.25) is 0 Å². The smallest absolute Gasteiger partial charge is 0.00133 e. The molecule has 17 heavy (non-hydrogen) atoms. The molecule has 2 aromatic carbocycles. The summed E-state index contributed by atoms with van der Waals surface area (Å²) in [6, 6.07) is 11.4. The van der Waals surface area contributed by atoms with E-state index in [1.54, 1.807) is 0 Å². The molecule has 0 aliphatic heterocycles. The number of benzene rings is 2. The third kappa shape index (κ3) is 1.18. The Kier molecular flexibility index (Phi) is 1.69. The number of aryl methyl sites for hydroxylation is 1. The lowest BCUT2D eigenvalue weighted by atomic mass is 9.95. The minimum absolute atomic E-state index is 1.10. The van der Waals surface area contributed by atoms with E-state index in [-0.39, 0.29) is 0 Å². The van der Waals surface area contributed by atoms with E-state index in [0.717, 1.165) is 12.8 Å². The Labute approximate surface area is 102 Å². The molecule has 0 atom stereocenters. The van der Waals surface area contributed by atoms with Gasteiger partial charge in [0.2, 0.25) is 0 Å². The summed E-state index contributed by atoms with van der Waals surface area (Å²) in [5.41, 5.74) is 10.3. The maximum atomic E-state index is 2.35. The second-order valence-electron chi connectivity index (χ2n) is 5.11. The number of allylic oxidation sites excluding steroid dienone is 1. The summed E-state index contributed by atoms with van der Waals surface area (Å²) in [4.78, 5) is 0. The molecule has 0 fully saturated rings. The molecule has 4 rings (SSSR count). The van der Waals surface area contributed by atoms with Gasteiger partial charge in [0.25, 0.3) is 0 Å². The van der Waals surface area contributed by atoms with Gasteiger partial charge in [-0.3, -0.25) is 0 Å². The van der Waals surface area contributed by atoms with Crippen LogP contribution in [0.4, 0.5) is 0 Å². The van der Waals surface area contributed by atoms with Crippen molar-refractivity contribution in [3.63, 3.8) is 0 Å². The number of hydrogen-bond acceptors (Lipinski definition) is 0. The molecule has 0 N–H and O–H groups in total. The van der Waals surface area contributed by atoms with Gasteiger partial charge in [0.1, 0.15) is 0 Å². The van der Waals surface area contributed by atoms with Gasteiger partial charge in [-0.25, -0.2) is 0 Å². The molecule has 2 aliphatic rings. The second-order valence-corrected chi connectivity index (χ2v) is 5.11. The van der Waals surface area contributed by atoms with Gasteiger partial charge in [-0.1, -0.05) is 48.0 Å². The molecule has 0 saturated carbocycles. The maximum absolute atomic E-state index is 2.35. The fourth-order valence-corrected chi connectivity index (χ4v) is 3.16. The second kappa shape index (κ2) is 3.10. The summed E-state index contributed by atoms with van der Waals surface area (Å²) in [6.07, 6.45) is 6.74. The van der Waals surface area contributed by atoms with Gasteiger partial charge in [-0.2, -0.15) is 0 Å². The molecule has 0 aromatic heterocycles. The van der Waals surface area contributed by atoms with Gasteiger partial charge >= 0.3 is 0 Å². The Bertz CT molecular complexity index is 660. The monoisotopic (exact) mass is 218 g/mol.